The van der Waals surface area contributed by atoms with Crippen molar-refractivity contribution in [2.24, 2.45) is 5.92 Å². The quantitative estimate of drug-likeness (QED) is 0.414. The van der Waals surface area contributed by atoms with Gasteiger partial charge in [-0.15, -0.1) is 0 Å². The zero-order valence-electron chi connectivity index (χ0n) is 7.47. The highest BCUT2D eigenvalue weighted by Crippen LogP contribution is 2.35. The van der Waals surface area contributed by atoms with Crippen LogP contribution in [0.2, 0.25) is 0 Å². The van der Waals surface area contributed by atoms with Gasteiger partial charge in [0.15, 0.2) is 0 Å². The van der Waals surface area contributed by atoms with Crippen LogP contribution in [0.25, 0.3) is 0 Å². The van der Waals surface area contributed by atoms with Crippen molar-refractivity contribution in [3.8, 4) is 0 Å². The van der Waals surface area contributed by atoms with Gasteiger partial charge in [0.2, 0.25) is 0 Å². The molecule has 0 amide bonds. The molecule has 0 aromatic heterocycles. The van der Waals surface area contributed by atoms with Crippen LogP contribution >= 0.6 is 0 Å². The summed E-state index contributed by atoms with van der Waals surface area (Å²) in [6.07, 6.45) is 11.1. The van der Waals surface area contributed by atoms with Gasteiger partial charge in [-0.25, -0.2) is 0 Å². The van der Waals surface area contributed by atoms with E-state index in [0.717, 1.165) is 5.92 Å². The van der Waals surface area contributed by atoms with Crippen molar-refractivity contribution in [3.05, 3.63) is 24.3 Å². The highest BCUT2D eigenvalue weighted by atomic mass is 14.3. The fraction of sp³-hybridized carbons (Fsp3) is 0.636. The van der Waals surface area contributed by atoms with Crippen molar-refractivity contribution in [3.63, 3.8) is 0 Å². The third kappa shape index (κ3) is 3.41. The van der Waals surface area contributed by atoms with Crippen LogP contribution in [0.15, 0.2) is 24.3 Å². The molecule has 1 aliphatic rings. The summed E-state index contributed by atoms with van der Waals surface area (Å²) in [4.78, 5) is 0. The van der Waals surface area contributed by atoms with Crippen molar-refractivity contribution < 1.29 is 0 Å². The molecule has 1 saturated carbocycles. The van der Waals surface area contributed by atoms with Crippen LogP contribution in [-0.4, -0.2) is 0 Å². The molecular formula is C11H18. The molecule has 0 aliphatic heterocycles. The standard InChI is InChI=1S/C11H18/c1-3-4-5-6-7-10(2)11-8-9-11/h6-7,11H,2-5,8-9H2,1H3/b7-6-. The van der Waals surface area contributed by atoms with Crippen molar-refractivity contribution in [2.45, 2.75) is 39.0 Å². The minimum Gasteiger partial charge on any atom is -0.0956 e. The second-order valence-electron chi connectivity index (χ2n) is 3.39. The topological polar surface area (TPSA) is 0 Å². The monoisotopic (exact) mass is 150 g/mol. The molecule has 0 unspecified atom stereocenters. The average molecular weight is 150 g/mol. The van der Waals surface area contributed by atoms with E-state index >= 15 is 0 Å². The van der Waals surface area contributed by atoms with Crippen LogP contribution in [0.5, 0.6) is 0 Å². The van der Waals surface area contributed by atoms with Gasteiger partial charge in [0.25, 0.3) is 0 Å². The van der Waals surface area contributed by atoms with Crippen molar-refractivity contribution in [1.29, 1.82) is 0 Å². The molecule has 0 atom stereocenters. The molecule has 0 heterocycles. The first-order chi connectivity index (χ1) is 5.34. The van der Waals surface area contributed by atoms with Gasteiger partial charge < -0.3 is 0 Å². The van der Waals surface area contributed by atoms with E-state index in [1.165, 1.54) is 37.7 Å². The van der Waals surface area contributed by atoms with Gasteiger partial charge in [-0.1, -0.05) is 44.1 Å². The number of rotatable bonds is 5. The van der Waals surface area contributed by atoms with Crippen molar-refractivity contribution in [1.82, 2.24) is 0 Å². The lowest BCUT2D eigenvalue weighted by Gasteiger charge is -1.93. The maximum Gasteiger partial charge on any atom is -0.0168 e. The molecule has 0 spiro atoms. The molecule has 0 aromatic carbocycles. The fourth-order valence-corrected chi connectivity index (χ4v) is 1.15. The lowest BCUT2D eigenvalue weighted by atomic mass is 10.1. The summed E-state index contributed by atoms with van der Waals surface area (Å²) in [6, 6.07) is 0. The van der Waals surface area contributed by atoms with Gasteiger partial charge in [-0.3, -0.25) is 0 Å². The van der Waals surface area contributed by atoms with Crippen molar-refractivity contribution >= 4 is 0 Å². The first-order valence-corrected chi connectivity index (χ1v) is 4.70. The molecule has 0 aromatic rings. The van der Waals surface area contributed by atoms with Crippen LogP contribution in [0.3, 0.4) is 0 Å². The lowest BCUT2D eigenvalue weighted by molar-refractivity contribution is 0.813. The molecule has 0 saturated heterocycles. The van der Waals surface area contributed by atoms with Gasteiger partial charge >= 0.3 is 0 Å². The minimum atomic E-state index is 0.841. The Morgan fingerprint density at radius 1 is 1.55 bits per heavy atom. The van der Waals surface area contributed by atoms with Gasteiger partial charge in [-0.05, 0) is 25.2 Å². The Bertz CT molecular complexity index is 149. The third-order valence-electron chi connectivity index (χ3n) is 2.16. The van der Waals surface area contributed by atoms with E-state index in [-0.39, 0.29) is 0 Å². The lowest BCUT2D eigenvalue weighted by Crippen LogP contribution is -1.76. The normalized spacial score (nSPS) is 17.5. The molecule has 0 nitrogen and oxygen atoms in total. The van der Waals surface area contributed by atoms with Crippen LogP contribution < -0.4 is 0 Å². The predicted octanol–water partition coefficient (Wildman–Crippen LogP) is 3.70. The summed E-state index contributed by atoms with van der Waals surface area (Å²) in [5, 5.41) is 0. The Balaban J connectivity index is 2.07. The molecule has 0 heteroatoms. The maximum absolute atomic E-state index is 4.03. The maximum atomic E-state index is 4.03. The third-order valence-corrected chi connectivity index (χ3v) is 2.16. The first-order valence-electron chi connectivity index (χ1n) is 4.70. The Kier molecular flexibility index (Phi) is 3.41. The first kappa shape index (κ1) is 8.58. The van der Waals surface area contributed by atoms with Gasteiger partial charge in [0, 0.05) is 0 Å². The highest BCUT2D eigenvalue weighted by molar-refractivity contribution is 5.21. The largest absolute Gasteiger partial charge is 0.0956 e. The van der Waals surface area contributed by atoms with Crippen LogP contribution in [0.4, 0.5) is 0 Å². The summed E-state index contributed by atoms with van der Waals surface area (Å²) < 4.78 is 0. The van der Waals surface area contributed by atoms with Crippen LogP contribution in [-0.2, 0) is 0 Å². The zero-order valence-corrected chi connectivity index (χ0v) is 7.47. The Hall–Kier alpha value is -0.520. The predicted molar refractivity (Wildman–Crippen MR) is 50.5 cm³/mol. The molecule has 1 aliphatic carbocycles. The van der Waals surface area contributed by atoms with E-state index in [1.54, 1.807) is 0 Å². The van der Waals surface area contributed by atoms with Gasteiger partial charge in [0.1, 0.15) is 0 Å². The minimum absolute atomic E-state index is 0.841. The van der Waals surface area contributed by atoms with E-state index < -0.39 is 0 Å². The summed E-state index contributed by atoms with van der Waals surface area (Å²) in [5.74, 6) is 0.841. The summed E-state index contributed by atoms with van der Waals surface area (Å²) in [6.45, 7) is 6.25. The molecule has 0 radical (unpaired) electrons. The SMILES string of the molecule is C=C(/C=C\CCCC)C1CC1. The van der Waals surface area contributed by atoms with Crippen molar-refractivity contribution in [2.75, 3.05) is 0 Å². The van der Waals surface area contributed by atoms with E-state index in [2.05, 4.69) is 25.7 Å². The molecular weight excluding hydrogens is 132 g/mol. The van der Waals surface area contributed by atoms with Crippen LogP contribution in [0, 0.1) is 5.92 Å². The Morgan fingerprint density at radius 2 is 2.27 bits per heavy atom. The summed E-state index contributed by atoms with van der Waals surface area (Å²) >= 11 is 0. The Labute approximate surface area is 70.0 Å². The summed E-state index contributed by atoms with van der Waals surface area (Å²) in [7, 11) is 0. The van der Waals surface area contributed by atoms with Gasteiger partial charge in [-0.2, -0.15) is 0 Å². The molecule has 0 bridgehead atoms. The number of unbranched alkanes of at least 4 members (excludes halogenated alkanes) is 2. The second kappa shape index (κ2) is 4.38. The molecule has 62 valence electrons. The van der Waals surface area contributed by atoms with E-state index in [9.17, 15) is 0 Å². The number of allylic oxidation sites excluding steroid dienone is 3. The van der Waals surface area contributed by atoms with E-state index in [0.29, 0.717) is 0 Å². The fourth-order valence-electron chi connectivity index (χ4n) is 1.15. The molecule has 0 N–H and O–H groups in total. The second-order valence-corrected chi connectivity index (χ2v) is 3.39. The van der Waals surface area contributed by atoms with E-state index in [4.69, 9.17) is 0 Å². The average Bonchev–Trinajstić information content (AvgIpc) is 2.79. The molecule has 1 rings (SSSR count). The Morgan fingerprint density at radius 3 is 2.82 bits per heavy atom. The molecule has 11 heavy (non-hydrogen) atoms. The smallest absolute Gasteiger partial charge is 0.0168 e. The zero-order chi connectivity index (χ0) is 8.10. The van der Waals surface area contributed by atoms with Crippen LogP contribution in [0.1, 0.15) is 39.0 Å². The van der Waals surface area contributed by atoms with E-state index in [1.807, 2.05) is 0 Å². The molecule has 1 fully saturated rings. The highest BCUT2D eigenvalue weighted by Gasteiger charge is 2.22. The van der Waals surface area contributed by atoms with Gasteiger partial charge in [0.05, 0.1) is 0 Å². The number of hydrogen-bond acceptors (Lipinski definition) is 0. The summed E-state index contributed by atoms with van der Waals surface area (Å²) in [5.41, 5.74) is 1.35. The number of hydrogen-bond donors (Lipinski definition) is 0.